The second-order valence-electron chi connectivity index (χ2n) is 6.75. The molecule has 1 aliphatic rings. The van der Waals surface area contributed by atoms with E-state index in [-0.39, 0.29) is 24.2 Å². The maximum absolute atomic E-state index is 13.8. The number of nitrogens with zero attached hydrogens (tertiary/aromatic N) is 2. The van der Waals surface area contributed by atoms with E-state index in [0.29, 0.717) is 31.9 Å². The summed E-state index contributed by atoms with van der Waals surface area (Å²) in [4.78, 5) is 27.6. The van der Waals surface area contributed by atoms with Crippen molar-refractivity contribution in [3.05, 3.63) is 30.1 Å². The lowest BCUT2D eigenvalue weighted by molar-refractivity contribution is -0.135. The number of rotatable bonds is 3. The normalized spacial score (nSPS) is 15.5. The van der Waals surface area contributed by atoms with Gasteiger partial charge in [0.25, 0.3) is 0 Å². The van der Waals surface area contributed by atoms with E-state index >= 15 is 0 Å². The largest absolute Gasteiger partial charge is 0.366 e. The lowest BCUT2D eigenvalue weighted by atomic mass is 9.96. The average molecular weight is 321 g/mol. The molecule has 0 bridgehead atoms. The van der Waals surface area contributed by atoms with Crippen molar-refractivity contribution >= 4 is 17.5 Å². The number of amides is 2. The minimum atomic E-state index is -0.510. The van der Waals surface area contributed by atoms with Gasteiger partial charge in [-0.15, -0.1) is 0 Å². The number of anilines is 1. The third-order valence-electron chi connectivity index (χ3n) is 3.91. The highest BCUT2D eigenvalue weighted by Gasteiger charge is 2.25. The second-order valence-corrected chi connectivity index (χ2v) is 6.75. The molecule has 1 saturated heterocycles. The molecule has 6 heteroatoms. The van der Waals surface area contributed by atoms with Gasteiger partial charge in [0.05, 0.1) is 12.2 Å². The maximum atomic E-state index is 13.8. The maximum Gasteiger partial charge on any atom is 0.242 e. The van der Waals surface area contributed by atoms with Crippen LogP contribution in [0.3, 0.4) is 0 Å². The molecule has 2 amide bonds. The number of piperazine rings is 1. The summed E-state index contributed by atoms with van der Waals surface area (Å²) in [5.41, 5.74) is 0.0599. The van der Waals surface area contributed by atoms with E-state index < -0.39 is 5.41 Å². The smallest absolute Gasteiger partial charge is 0.242 e. The van der Waals surface area contributed by atoms with E-state index in [4.69, 9.17) is 0 Å². The summed E-state index contributed by atoms with van der Waals surface area (Å²) in [7, 11) is 0. The molecule has 0 aliphatic carbocycles. The zero-order chi connectivity index (χ0) is 17.0. The summed E-state index contributed by atoms with van der Waals surface area (Å²) in [6.45, 7) is 7.65. The van der Waals surface area contributed by atoms with Crippen LogP contribution in [0.1, 0.15) is 20.8 Å². The fraction of sp³-hybridized carbons (Fsp3) is 0.529. The van der Waals surface area contributed by atoms with Gasteiger partial charge < -0.3 is 15.1 Å². The Kier molecular flexibility index (Phi) is 5.23. The van der Waals surface area contributed by atoms with Gasteiger partial charge in [0, 0.05) is 31.6 Å². The first-order chi connectivity index (χ1) is 10.8. The topological polar surface area (TPSA) is 52.7 Å². The lowest BCUT2D eigenvalue weighted by Gasteiger charge is -2.36. The number of halogens is 1. The number of hydrogen-bond donors (Lipinski definition) is 1. The summed E-state index contributed by atoms with van der Waals surface area (Å²) >= 11 is 0. The lowest BCUT2D eigenvalue weighted by Crippen LogP contribution is -2.52. The monoisotopic (exact) mass is 321 g/mol. The second kappa shape index (κ2) is 6.98. The van der Waals surface area contributed by atoms with E-state index in [1.165, 1.54) is 6.07 Å². The van der Waals surface area contributed by atoms with E-state index in [1.807, 2.05) is 4.90 Å². The molecule has 0 atom stereocenters. The van der Waals surface area contributed by atoms with Crippen LogP contribution in [-0.4, -0.2) is 49.4 Å². The van der Waals surface area contributed by atoms with Gasteiger partial charge in [-0.1, -0.05) is 32.9 Å². The Labute approximate surface area is 136 Å². The molecular weight excluding hydrogens is 297 g/mol. The van der Waals surface area contributed by atoms with Crippen LogP contribution in [0.25, 0.3) is 0 Å². The van der Waals surface area contributed by atoms with Crippen LogP contribution in [-0.2, 0) is 9.59 Å². The van der Waals surface area contributed by atoms with Crippen molar-refractivity contribution in [1.29, 1.82) is 0 Å². The molecule has 1 fully saturated rings. The molecule has 126 valence electrons. The summed E-state index contributed by atoms with van der Waals surface area (Å²) < 4.78 is 13.8. The molecule has 2 rings (SSSR count). The van der Waals surface area contributed by atoms with Crippen molar-refractivity contribution in [3.8, 4) is 0 Å². The average Bonchev–Trinajstić information content (AvgIpc) is 2.52. The minimum Gasteiger partial charge on any atom is -0.366 e. The first-order valence-corrected chi connectivity index (χ1v) is 7.84. The molecule has 0 saturated carbocycles. The van der Waals surface area contributed by atoms with Crippen LogP contribution in [0, 0.1) is 11.2 Å². The Hall–Kier alpha value is -2.11. The van der Waals surface area contributed by atoms with Crippen LogP contribution in [0.15, 0.2) is 24.3 Å². The Morgan fingerprint density at radius 3 is 2.30 bits per heavy atom. The van der Waals surface area contributed by atoms with E-state index in [0.717, 1.165) is 0 Å². The Balaban J connectivity index is 1.83. The highest BCUT2D eigenvalue weighted by Crippen LogP contribution is 2.20. The molecule has 1 aliphatic heterocycles. The molecule has 0 unspecified atom stereocenters. The molecule has 0 aromatic heterocycles. The quantitative estimate of drug-likeness (QED) is 0.921. The highest BCUT2D eigenvalue weighted by molar-refractivity contribution is 5.87. The SMILES string of the molecule is CC(C)(C)C(=O)NCC(=O)N1CCN(c2ccccc2F)CC1. The molecule has 1 heterocycles. The van der Waals surface area contributed by atoms with Crippen LogP contribution >= 0.6 is 0 Å². The first-order valence-electron chi connectivity index (χ1n) is 7.84. The van der Waals surface area contributed by atoms with Crippen LogP contribution < -0.4 is 10.2 Å². The molecular formula is C17H24FN3O2. The van der Waals surface area contributed by atoms with Gasteiger partial charge in [0.1, 0.15) is 5.82 Å². The third-order valence-corrected chi connectivity index (χ3v) is 3.91. The van der Waals surface area contributed by atoms with Crippen molar-refractivity contribution in [1.82, 2.24) is 10.2 Å². The van der Waals surface area contributed by atoms with Gasteiger partial charge in [0.2, 0.25) is 11.8 Å². The van der Waals surface area contributed by atoms with Gasteiger partial charge in [-0.25, -0.2) is 4.39 Å². The van der Waals surface area contributed by atoms with Crippen molar-refractivity contribution < 1.29 is 14.0 Å². The fourth-order valence-electron chi connectivity index (χ4n) is 2.44. The third kappa shape index (κ3) is 4.43. The van der Waals surface area contributed by atoms with Gasteiger partial charge in [-0.3, -0.25) is 9.59 Å². The predicted molar refractivity (Wildman–Crippen MR) is 87.7 cm³/mol. The molecule has 5 nitrogen and oxygen atoms in total. The Morgan fingerprint density at radius 1 is 1.13 bits per heavy atom. The molecule has 23 heavy (non-hydrogen) atoms. The van der Waals surface area contributed by atoms with Gasteiger partial charge >= 0.3 is 0 Å². The molecule has 1 N–H and O–H groups in total. The van der Waals surface area contributed by atoms with Crippen molar-refractivity contribution in [2.45, 2.75) is 20.8 Å². The number of para-hydroxylation sites is 1. The minimum absolute atomic E-state index is 0.00972. The summed E-state index contributed by atoms with van der Waals surface area (Å²) in [5.74, 6) is -0.489. The van der Waals surface area contributed by atoms with E-state index in [1.54, 1.807) is 43.9 Å². The highest BCUT2D eigenvalue weighted by atomic mass is 19.1. The van der Waals surface area contributed by atoms with Gasteiger partial charge in [-0.2, -0.15) is 0 Å². The molecule has 0 radical (unpaired) electrons. The van der Waals surface area contributed by atoms with Crippen LogP contribution in [0.5, 0.6) is 0 Å². The molecule has 1 aromatic rings. The fourth-order valence-corrected chi connectivity index (χ4v) is 2.44. The van der Waals surface area contributed by atoms with Gasteiger partial charge in [0.15, 0.2) is 0 Å². The zero-order valence-corrected chi connectivity index (χ0v) is 13.9. The summed E-state index contributed by atoms with van der Waals surface area (Å²) in [5, 5.41) is 2.67. The number of carbonyl (C=O) groups is 2. The standard InChI is InChI=1S/C17H24FN3O2/c1-17(2,3)16(23)19-12-15(22)21-10-8-20(9-11-21)14-7-5-4-6-13(14)18/h4-7H,8-12H2,1-3H3,(H,19,23). The zero-order valence-electron chi connectivity index (χ0n) is 13.9. The Bertz CT molecular complexity index is 575. The number of hydrogen-bond acceptors (Lipinski definition) is 3. The van der Waals surface area contributed by atoms with Crippen molar-refractivity contribution in [2.24, 2.45) is 5.41 Å². The van der Waals surface area contributed by atoms with E-state index in [2.05, 4.69) is 5.32 Å². The predicted octanol–water partition coefficient (Wildman–Crippen LogP) is 1.64. The molecule has 0 spiro atoms. The molecule has 1 aromatic carbocycles. The van der Waals surface area contributed by atoms with Crippen molar-refractivity contribution in [2.75, 3.05) is 37.6 Å². The number of benzene rings is 1. The Morgan fingerprint density at radius 2 is 1.74 bits per heavy atom. The van der Waals surface area contributed by atoms with Crippen LogP contribution in [0.4, 0.5) is 10.1 Å². The van der Waals surface area contributed by atoms with Gasteiger partial charge in [-0.05, 0) is 12.1 Å². The summed E-state index contributed by atoms with van der Waals surface area (Å²) in [6.07, 6.45) is 0. The van der Waals surface area contributed by atoms with E-state index in [9.17, 15) is 14.0 Å². The number of carbonyl (C=O) groups excluding carboxylic acids is 2. The van der Waals surface area contributed by atoms with Crippen molar-refractivity contribution in [3.63, 3.8) is 0 Å². The summed E-state index contributed by atoms with van der Waals surface area (Å²) in [6, 6.07) is 6.65. The first kappa shape index (κ1) is 17.2. The number of nitrogens with one attached hydrogen (secondary N) is 1. The van der Waals surface area contributed by atoms with Crippen LogP contribution in [0.2, 0.25) is 0 Å².